The second-order valence-corrected chi connectivity index (χ2v) is 11.9. The van der Waals surface area contributed by atoms with Gasteiger partial charge in [0.25, 0.3) is 11.8 Å². The Labute approximate surface area is 265 Å². The molecule has 0 saturated heterocycles. The fraction of sp³-hybridized carbons (Fsp3) is 0.143. The van der Waals surface area contributed by atoms with Crippen LogP contribution in [0.25, 0.3) is 0 Å². The summed E-state index contributed by atoms with van der Waals surface area (Å²) in [7, 11) is -6.05. The molecule has 0 heterocycles. The fourth-order valence-electron chi connectivity index (χ4n) is 5.01. The molecule has 0 saturated carbocycles. The molecule has 11 heteroatoms. The number of anilines is 2. The topological polar surface area (TPSA) is 84.0 Å². The van der Waals surface area contributed by atoms with Crippen molar-refractivity contribution in [2.45, 2.75) is 31.4 Å². The molecular weight excluding hydrogens is 617 g/mol. The van der Waals surface area contributed by atoms with E-state index in [4.69, 9.17) is 0 Å². The van der Waals surface area contributed by atoms with Crippen molar-refractivity contribution in [2.75, 3.05) is 9.80 Å². The molecule has 236 valence electrons. The van der Waals surface area contributed by atoms with E-state index in [1.54, 1.807) is 71.6 Å². The Kier molecular flexibility index (Phi) is 9.72. The van der Waals surface area contributed by atoms with Gasteiger partial charge in [-0.3, -0.25) is 9.59 Å². The van der Waals surface area contributed by atoms with E-state index >= 15 is 0 Å². The highest BCUT2D eigenvalue weighted by Gasteiger charge is 2.49. The molecule has 0 unspecified atom stereocenters. The first-order valence-electron chi connectivity index (χ1n) is 14.3. The molecule has 7 nitrogen and oxygen atoms in total. The van der Waals surface area contributed by atoms with Gasteiger partial charge in [0.1, 0.15) is 0 Å². The molecule has 0 N–H and O–H groups in total. The van der Waals surface area contributed by atoms with Crippen molar-refractivity contribution in [2.24, 2.45) is 0 Å². The Hall–Kier alpha value is -5.16. The van der Waals surface area contributed by atoms with Crippen LogP contribution >= 0.6 is 0 Å². The molecule has 0 radical (unpaired) electrons. The van der Waals surface area contributed by atoms with Gasteiger partial charge in [-0.1, -0.05) is 103 Å². The number of amides is 2. The van der Waals surface area contributed by atoms with Crippen molar-refractivity contribution in [3.8, 4) is 5.75 Å². The molecule has 4 aromatic carbocycles. The van der Waals surface area contributed by atoms with Gasteiger partial charge in [0.15, 0.2) is 5.75 Å². The SMILES string of the molecule is O=C(C1=C(C(=O)N(Cc2ccccc2)c2ccccc2OS(=O)(=O)C(F)(F)F)CC=CC1)N(Cc1ccccc1)c1ccccc1. The molecule has 46 heavy (non-hydrogen) atoms. The minimum absolute atomic E-state index is 0.0725. The van der Waals surface area contributed by atoms with Crippen LogP contribution in [-0.2, 0) is 32.8 Å². The molecule has 0 spiro atoms. The van der Waals surface area contributed by atoms with Gasteiger partial charge in [0.05, 0.1) is 18.8 Å². The van der Waals surface area contributed by atoms with Crippen LogP contribution in [0.3, 0.4) is 0 Å². The summed E-state index contributed by atoms with van der Waals surface area (Å²) < 4.78 is 68.5. The van der Waals surface area contributed by atoms with Gasteiger partial charge in [-0.15, -0.1) is 0 Å². The molecule has 0 aromatic heterocycles. The van der Waals surface area contributed by atoms with Gasteiger partial charge in [0, 0.05) is 16.8 Å². The van der Waals surface area contributed by atoms with Crippen molar-refractivity contribution in [3.05, 3.63) is 150 Å². The van der Waals surface area contributed by atoms with Gasteiger partial charge in [-0.2, -0.15) is 21.6 Å². The van der Waals surface area contributed by atoms with E-state index in [1.807, 2.05) is 36.4 Å². The second kappa shape index (κ2) is 13.9. The Balaban J connectivity index is 1.60. The van der Waals surface area contributed by atoms with Gasteiger partial charge in [-0.25, -0.2) is 0 Å². The van der Waals surface area contributed by atoms with Crippen LogP contribution in [0.4, 0.5) is 24.5 Å². The monoisotopic (exact) mass is 646 g/mol. The lowest BCUT2D eigenvalue weighted by Crippen LogP contribution is -2.37. The highest BCUT2D eigenvalue weighted by atomic mass is 32.2. The first kappa shape index (κ1) is 32.2. The fourth-order valence-corrected chi connectivity index (χ4v) is 5.48. The molecule has 5 rings (SSSR count). The second-order valence-electron chi connectivity index (χ2n) is 10.4. The first-order chi connectivity index (χ1) is 22.0. The smallest absolute Gasteiger partial charge is 0.374 e. The van der Waals surface area contributed by atoms with Crippen molar-refractivity contribution >= 4 is 33.3 Å². The van der Waals surface area contributed by atoms with Crippen LogP contribution in [0.5, 0.6) is 5.75 Å². The normalized spacial score (nSPS) is 13.3. The van der Waals surface area contributed by atoms with Crippen molar-refractivity contribution in [1.82, 2.24) is 0 Å². The van der Waals surface area contributed by atoms with E-state index in [9.17, 15) is 31.2 Å². The number of benzene rings is 4. The Morgan fingerprint density at radius 1 is 0.630 bits per heavy atom. The van der Waals surface area contributed by atoms with Crippen LogP contribution in [-0.4, -0.2) is 25.7 Å². The largest absolute Gasteiger partial charge is 0.534 e. The Bertz CT molecular complexity index is 1860. The van der Waals surface area contributed by atoms with Crippen LogP contribution < -0.4 is 14.0 Å². The van der Waals surface area contributed by atoms with Gasteiger partial charge >= 0.3 is 15.6 Å². The minimum Gasteiger partial charge on any atom is -0.374 e. The maximum Gasteiger partial charge on any atom is 0.534 e. The first-order valence-corrected chi connectivity index (χ1v) is 15.7. The Morgan fingerprint density at radius 2 is 1.07 bits per heavy atom. The van der Waals surface area contributed by atoms with Gasteiger partial charge < -0.3 is 14.0 Å². The summed E-state index contributed by atoms with van der Waals surface area (Å²) in [6.07, 6.45) is 3.73. The van der Waals surface area contributed by atoms with Crippen molar-refractivity contribution < 1.29 is 35.4 Å². The average Bonchev–Trinajstić information content (AvgIpc) is 3.06. The van der Waals surface area contributed by atoms with Crippen LogP contribution in [0.2, 0.25) is 0 Å². The van der Waals surface area contributed by atoms with E-state index in [1.165, 1.54) is 18.2 Å². The summed E-state index contributed by atoms with van der Waals surface area (Å²) in [6, 6.07) is 32.1. The average molecular weight is 647 g/mol. The van der Waals surface area contributed by atoms with E-state index in [0.717, 1.165) is 16.5 Å². The number of hydrogen-bond donors (Lipinski definition) is 0. The molecular formula is C35H29F3N2O5S. The highest BCUT2D eigenvalue weighted by molar-refractivity contribution is 7.88. The number of carbonyl (C=O) groups is 2. The van der Waals surface area contributed by atoms with E-state index < -0.39 is 33.2 Å². The lowest BCUT2D eigenvalue weighted by Gasteiger charge is -2.30. The molecule has 4 aromatic rings. The zero-order valence-corrected chi connectivity index (χ0v) is 25.2. The maximum atomic E-state index is 14.5. The predicted octanol–water partition coefficient (Wildman–Crippen LogP) is 7.33. The third-order valence-electron chi connectivity index (χ3n) is 7.26. The van der Waals surface area contributed by atoms with E-state index in [2.05, 4.69) is 4.18 Å². The lowest BCUT2D eigenvalue weighted by atomic mass is 9.93. The molecule has 0 bridgehead atoms. The number of para-hydroxylation sites is 3. The number of halogens is 3. The predicted molar refractivity (Wildman–Crippen MR) is 169 cm³/mol. The zero-order chi connectivity index (χ0) is 32.7. The van der Waals surface area contributed by atoms with Gasteiger partial charge in [-0.05, 0) is 48.2 Å². The van der Waals surface area contributed by atoms with Crippen LogP contribution in [0.15, 0.2) is 139 Å². The standard InChI is InChI=1S/C35H29F3N2O5S/c36-35(37,38)46(43,44)45-32-23-13-12-22-31(32)40(25-27-16-6-2-7-17-27)34(42)30-21-11-10-20-29(30)33(41)39(28-18-8-3-9-19-28)24-26-14-4-1-5-15-26/h1-19,22-23H,20-21,24-25H2. The molecule has 0 aliphatic heterocycles. The third kappa shape index (κ3) is 7.37. The summed E-state index contributed by atoms with van der Waals surface area (Å²) in [5, 5.41) is 0. The number of carbonyl (C=O) groups excluding carboxylic acids is 2. The number of rotatable bonds is 10. The Morgan fingerprint density at radius 3 is 1.59 bits per heavy atom. The van der Waals surface area contributed by atoms with Crippen molar-refractivity contribution in [1.29, 1.82) is 0 Å². The maximum absolute atomic E-state index is 14.5. The van der Waals surface area contributed by atoms with E-state index in [0.29, 0.717) is 11.3 Å². The molecule has 0 fully saturated rings. The number of hydrogen-bond acceptors (Lipinski definition) is 5. The number of alkyl halides is 3. The summed E-state index contributed by atoms with van der Waals surface area (Å²) in [5.41, 5.74) is -3.46. The molecule has 1 aliphatic rings. The summed E-state index contributed by atoms with van der Waals surface area (Å²) in [4.78, 5) is 31.5. The zero-order valence-electron chi connectivity index (χ0n) is 24.4. The summed E-state index contributed by atoms with van der Waals surface area (Å²) in [5.74, 6) is -1.77. The van der Waals surface area contributed by atoms with Crippen molar-refractivity contribution in [3.63, 3.8) is 0 Å². The third-order valence-corrected chi connectivity index (χ3v) is 8.22. The minimum atomic E-state index is -6.05. The quantitative estimate of drug-likeness (QED) is 0.102. The lowest BCUT2D eigenvalue weighted by molar-refractivity contribution is -0.118. The molecule has 1 aliphatic carbocycles. The van der Waals surface area contributed by atoms with Crippen LogP contribution in [0.1, 0.15) is 24.0 Å². The number of nitrogens with zero attached hydrogens (tertiary/aromatic N) is 2. The summed E-state index contributed by atoms with van der Waals surface area (Å²) in [6.45, 7) is 0.0747. The van der Waals surface area contributed by atoms with Gasteiger partial charge in [0.2, 0.25) is 0 Å². The number of allylic oxidation sites excluding steroid dienone is 2. The van der Waals surface area contributed by atoms with E-state index in [-0.39, 0.29) is 42.8 Å². The molecule has 0 atom stereocenters. The summed E-state index contributed by atoms with van der Waals surface area (Å²) >= 11 is 0. The highest BCUT2D eigenvalue weighted by Crippen LogP contribution is 2.36. The molecule has 2 amide bonds. The van der Waals surface area contributed by atoms with Crippen LogP contribution in [0, 0.1) is 0 Å².